The standard InChI is InChI=1S/C20H21ClN2O3/c1-22(13-14-5-4-8-18-19(14)26-12-11-25-18)17-9-10-23(20(17)24)16-7-3-2-6-15(16)21/h2-8,17H,9-13H2,1H3. The number of halogens is 1. The van der Waals surface area contributed by atoms with Crippen LogP contribution in [0, 0.1) is 0 Å². The Morgan fingerprint density at radius 1 is 1.15 bits per heavy atom. The maximum absolute atomic E-state index is 12.9. The number of ether oxygens (including phenoxy) is 2. The van der Waals surface area contributed by atoms with Crippen LogP contribution in [0.2, 0.25) is 5.02 Å². The number of rotatable bonds is 4. The number of carbonyl (C=O) groups excluding carboxylic acids is 1. The number of para-hydroxylation sites is 2. The highest BCUT2D eigenvalue weighted by Crippen LogP contribution is 2.35. The molecule has 1 fully saturated rings. The predicted molar refractivity (Wildman–Crippen MR) is 101 cm³/mol. The molecule has 1 amide bonds. The zero-order valence-corrected chi connectivity index (χ0v) is 15.4. The lowest BCUT2D eigenvalue weighted by Gasteiger charge is -2.26. The summed E-state index contributed by atoms with van der Waals surface area (Å²) in [5.74, 6) is 1.65. The third-order valence-corrected chi connectivity index (χ3v) is 5.24. The molecule has 0 radical (unpaired) electrons. The van der Waals surface area contributed by atoms with Crippen LogP contribution in [0.15, 0.2) is 42.5 Å². The summed E-state index contributed by atoms with van der Waals surface area (Å²) in [5.41, 5.74) is 1.82. The molecule has 1 saturated heterocycles. The fraction of sp³-hybridized carbons (Fsp3) is 0.350. The van der Waals surface area contributed by atoms with Crippen molar-refractivity contribution in [2.24, 2.45) is 0 Å². The van der Waals surface area contributed by atoms with Gasteiger partial charge in [-0.1, -0.05) is 35.9 Å². The molecule has 2 aliphatic rings. The smallest absolute Gasteiger partial charge is 0.244 e. The molecule has 2 heterocycles. The lowest BCUT2D eigenvalue weighted by molar-refractivity contribution is -0.121. The lowest BCUT2D eigenvalue weighted by atomic mass is 10.1. The largest absolute Gasteiger partial charge is 0.486 e. The first-order chi connectivity index (χ1) is 12.6. The molecule has 26 heavy (non-hydrogen) atoms. The Balaban J connectivity index is 1.51. The molecule has 1 atom stereocenters. The average Bonchev–Trinajstić information content (AvgIpc) is 3.04. The van der Waals surface area contributed by atoms with Crippen LogP contribution in [0.3, 0.4) is 0 Å². The molecule has 2 aliphatic heterocycles. The van der Waals surface area contributed by atoms with Crippen molar-refractivity contribution < 1.29 is 14.3 Å². The quantitative estimate of drug-likeness (QED) is 0.825. The van der Waals surface area contributed by atoms with E-state index in [4.69, 9.17) is 21.1 Å². The molecule has 0 aliphatic carbocycles. The number of carbonyl (C=O) groups is 1. The van der Waals surface area contributed by atoms with Gasteiger partial charge in [0.2, 0.25) is 5.91 Å². The zero-order valence-electron chi connectivity index (χ0n) is 14.7. The molecule has 2 aromatic carbocycles. The van der Waals surface area contributed by atoms with Crippen molar-refractivity contribution in [3.63, 3.8) is 0 Å². The van der Waals surface area contributed by atoms with E-state index in [1.54, 1.807) is 4.90 Å². The van der Waals surface area contributed by atoms with Crippen LogP contribution in [0.1, 0.15) is 12.0 Å². The van der Waals surface area contributed by atoms with Crippen LogP contribution in [0.5, 0.6) is 11.5 Å². The summed E-state index contributed by atoms with van der Waals surface area (Å²) in [6, 6.07) is 13.2. The van der Waals surface area contributed by atoms with Gasteiger partial charge in [0.1, 0.15) is 13.2 Å². The average molecular weight is 373 g/mol. The Morgan fingerprint density at radius 3 is 2.81 bits per heavy atom. The number of likely N-dealkylation sites (N-methyl/N-ethyl adjacent to an activating group) is 1. The first kappa shape index (κ1) is 17.2. The van der Waals surface area contributed by atoms with Gasteiger partial charge in [-0.2, -0.15) is 0 Å². The van der Waals surface area contributed by atoms with E-state index in [9.17, 15) is 4.79 Å². The van der Waals surface area contributed by atoms with Gasteiger partial charge < -0.3 is 14.4 Å². The highest BCUT2D eigenvalue weighted by Gasteiger charge is 2.36. The molecule has 6 heteroatoms. The number of hydrogen-bond acceptors (Lipinski definition) is 4. The van der Waals surface area contributed by atoms with Gasteiger partial charge in [0.15, 0.2) is 11.5 Å². The maximum Gasteiger partial charge on any atom is 0.244 e. The Hall–Kier alpha value is -2.24. The van der Waals surface area contributed by atoms with E-state index in [1.807, 2.05) is 49.5 Å². The summed E-state index contributed by atoms with van der Waals surface area (Å²) < 4.78 is 11.4. The fourth-order valence-corrected chi connectivity index (χ4v) is 3.86. The molecular weight excluding hydrogens is 352 g/mol. The van der Waals surface area contributed by atoms with Crippen molar-refractivity contribution in [1.29, 1.82) is 0 Å². The minimum Gasteiger partial charge on any atom is -0.486 e. The number of benzene rings is 2. The van der Waals surface area contributed by atoms with Crippen LogP contribution >= 0.6 is 11.6 Å². The molecule has 0 spiro atoms. The van der Waals surface area contributed by atoms with Gasteiger partial charge in [-0.3, -0.25) is 9.69 Å². The van der Waals surface area contributed by atoms with E-state index in [-0.39, 0.29) is 11.9 Å². The van der Waals surface area contributed by atoms with Crippen LogP contribution < -0.4 is 14.4 Å². The Kier molecular flexibility index (Phi) is 4.74. The van der Waals surface area contributed by atoms with Gasteiger partial charge in [0.25, 0.3) is 0 Å². The minimum absolute atomic E-state index is 0.0857. The molecule has 0 bridgehead atoms. The van der Waals surface area contributed by atoms with Gasteiger partial charge in [-0.25, -0.2) is 0 Å². The van der Waals surface area contributed by atoms with Gasteiger partial charge in [0.05, 0.1) is 16.8 Å². The minimum atomic E-state index is -0.174. The van der Waals surface area contributed by atoms with Crippen molar-refractivity contribution in [2.75, 3.05) is 31.7 Å². The van der Waals surface area contributed by atoms with Gasteiger partial charge in [0, 0.05) is 18.7 Å². The first-order valence-electron chi connectivity index (χ1n) is 8.79. The Bertz CT molecular complexity index is 826. The van der Waals surface area contributed by atoms with Crippen LogP contribution in [-0.4, -0.2) is 43.7 Å². The van der Waals surface area contributed by atoms with Crippen molar-refractivity contribution in [3.05, 3.63) is 53.1 Å². The van der Waals surface area contributed by atoms with Crippen LogP contribution in [-0.2, 0) is 11.3 Å². The number of amides is 1. The Morgan fingerprint density at radius 2 is 1.96 bits per heavy atom. The number of hydrogen-bond donors (Lipinski definition) is 0. The normalized spacial score (nSPS) is 19.3. The molecule has 2 aromatic rings. The third kappa shape index (κ3) is 3.13. The molecule has 4 rings (SSSR count). The van der Waals surface area contributed by atoms with E-state index in [2.05, 4.69) is 4.90 Å². The van der Waals surface area contributed by atoms with Gasteiger partial charge in [-0.15, -0.1) is 0 Å². The fourth-order valence-electron chi connectivity index (χ4n) is 3.62. The molecule has 5 nitrogen and oxygen atoms in total. The summed E-state index contributed by atoms with van der Waals surface area (Å²) in [4.78, 5) is 16.8. The van der Waals surface area contributed by atoms with Crippen molar-refractivity contribution in [2.45, 2.75) is 19.0 Å². The van der Waals surface area contributed by atoms with Crippen molar-refractivity contribution >= 4 is 23.2 Å². The number of fused-ring (bicyclic) bond motifs is 1. The summed E-state index contributed by atoms with van der Waals surface area (Å²) in [5, 5.41) is 0.604. The second kappa shape index (κ2) is 7.17. The lowest BCUT2D eigenvalue weighted by Crippen LogP contribution is -2.39. The first-order valence-corrected chi connectivity index (χ1v) is 9.16. The number of nitrogens with zero attached hydrogens (tertiary/aromatic N) is 2. The van der Waals surface area contributed by atoms with Gasteiger partial charge >= 0.3 is 0 Å². The van der Waals surface area contributed by atoms with Gasteiger partial charge in [-0.05, 0) is 31.7 Å². The van der Waals surface area contributed by atoms with E-state index in [0.717, 1.165) is 29.2 Å². The Labute approximate surface area is 158 Å². The van der Waals surface area contributed by atoms with E-state index < -0.39 is 0 Å². The summed E-state index contributed by atoms with van der Waals surface area (Å²) in [7, 11) is 1.97. The molecule has 0 saturated carbocycles. The van der Waals surface area contributed by atoms with Crippen molar-refractivity contribution in [3.8, 4) is 11.5 Å². The highest BCUT2D eigenvalue weighted by atomic mass is 35.5. The van der Waals surface area contributed by atoms with E-state index >= 15 is 0 Å². The molecular formula is C20H21ClN2O3. The molecule has 0 aromatic heterocycles. The molecule has 136 valence electrons. The topological polar surface area (TPSA) is 42.0 Å². The second-order valence-electron chi connectivity index (χ2n) is 6.60. The van der Waals surface area contributed by atoms with Crippen molar-refractivity contribution in [1.82, 2.24) is 4.90 Å². The highest BCUT2D eigenvalue weighted by molar-refractivity contribution is 6.33. The predicted octanol–water partition coefficient (Wildman–Crippen LogP) is 3.35. The van der Waals surface area contributed by atoms with Crippen LogP contribution in [0.4, 0.5) is 5.69 Å². The summed E-state index contributed by atoms with van der Waals surface area (Å²) in [6.45, 7) is 2.42. The zero-order chi connectivity index (χ0) is 18.1. The second-order valence-corrected chi connectivity index (χ2v) is 7.01. The SMILES string of the molecule is CN(Cc1cccc2c1OCCO2)C1CCN(c2ccccc2Cl)C1=O. The monoisotopic (exact) mass is 372 g/mol. The number of anilines is 1. The molecule has 0 N–H and O–H groups in total. The maximum atomic E-state index is 12.9. The molecule has 1 unspecified atom stereocenters. The van der Waals surface area contributed by atoms with E-state index in [1.165, 1.54) is 0 Å². The third-order valence-electron chi connectivity index (χ3n) is 4.92. The summed E-state index contributed by atoms with van der Waals surface area (Å²) >= 11 is 6.27. The van der Waals surface area contributed by atoms with Crippen LogP contribution in [0.25, 0.3) is 0 Å². The summed E-state index contributed by atoms with van der Waals surface area (Å²) in [6.07, 6.45) is 0.771. The van der Waals surface area contributed by atoms with E-state index in [0.29, 0.717) is 31.3 Å².